The standard InChI is InChI=1S/C27H26N4O10S/c1-12-13(2)15(4)19-18(14(12)3)22(32)28(23(19)33)20-24(34)29-21(27(5,41-31(38)39)11-42-25(20)29)26(35)40-10-16-6-8-17(9-7-16)30(36)37/h6-9,20-21,25H,10-11H2,1-5H3/t20?,21?,25-,27+/m0/s1. The summed E-state index contributed by atoms with van der Waals surface area (Å²) in [5, 5.41) is 20.3. The summed E-state index contributed by atoms with van der Waals surface area (Å²) in [6.07, 6.45) is 0. The van der Waals surface area contributed by atoms with E-state index in [0.717, 1.165) is 32.7 Å². The normalized spacial score (nSPS) is 24.6. The molecule has 0 bridgehead atoms. The molecule has 0 spiro atoms. The number of nitro benzene ring substituents is 1. The molecule has 5 rings (SSSR count). The van der Waals surface area contributed by atoms with Gasteiger partial charge < -0.3 is 14.5 Å². The van der Waals surface area contributed by atoms with E-state index in [1.807, 2.05) is 13.8 Å². The number of nitrogens with zero attached hydrogens (tertiary/aromatic N) is 4. The minimum Gasteiger partial charge on any atom is -0.459 e. The van der Waals surface area contributed by atoms with Gasteiger partial charge >= 0.3 is 5.97 Å². The lowest BCUT2D eigenvalue weighted by Gasteiger charge is -2.57. The predicted molar refractivity (Wildman–Crippen MR) is 146 cm³/mol. The van der Waals surface area contributed by atoms with Crippen LogP contribution in [-0.2, 0) is 25.8 Å². The average molecular weight is 599 g/mol. The Kier molecular flexibility index (Phi) is 6.95. The summed E-state index contributed by atoms with van der Waals surface area (Å²) in [7, 11) is 0. The highest BCUT2D eigenvalue weighted by Gasteiger charge is 2.66. The molecule has 0 aliphatic carbocycles. The van der Waals surface area contributed by atoms with Crippen LogP contribution in [0.2, 0.25) is 0 Å². The highest BCUT2D eigenvalue weighted by Crippen LogP contribution is 2.48. The number of hydrogen-bond acceptors (Lipinski definition) is 11. The first kappa shape index (κ1) is 29.0. The molecule has 15 heteroatoms. The number of rotatable bonds is 7. The van der Waals surface area contributed by atoms with Gasteiger partial charge in [-0.25, -0.2) is 4.79 Å². The number of benzene rings is 2. The van der Waals surface area contributed by atoms with Crippen LogP contribution in [-0.4, -0.2) is 72.3 Å². The summed E-state index contributed by atoms with van der Waals surface area (Å²) >= 11 is 1.06. The van der Waals surface area contributed by atoms with Crippen LogP contribution in [0.4, 0.5) is 5.69 Å². The summed E-state index contributed by atoms with van der Waals surface area (Å²) in [6, 6.07) is 2.44. The van der Waals surface area contributed by atoms with E-state index in [2.05, 4.69) is 0 Å². The smallest absolute Gasteiger partial charge is 0.331 e. The number of carbonyl (C=O) groups is 4. The third kappa shape index (κ3) is 4.26. The number of thioether (sulfide) groups is 1. The van der Waals surface area contributed by atoms with Crippen molar-refractivity contribution in [3.63, 3.8) is 0 Å². The summed E-state index contributed by atoms with van der Waals surface area (Å²) in [5.74, 6) is -3.10. The molecule has 0 radical (unpaired) electrons. The lowest BCUT2D eigenvalue weighted by Crippen LogP contribution is -2.79. The van der Waals surface area contributed by atoms with Gasteiger partial charge in [0.1, 0.15) is 18.0 Å². The second-order valence-corrected chi connectivity index (χ2v) is 11.8. The summed E-state index contributed by atoms with van der Waals surface area (Å²) in [5.41, 5.74) is 1.95. The summed E-state index contributed by atoms with van der Waals surface area (Å²) < 4.78 is 5.40. The first-order valence-electron chi connectivity index (χ1n) is 12.8. The fourth-order valence-electron chi connectivity index (χ4n) is 5.77. The molecule has 2 aromatic carbocycles. The van der Waals surface area contributed by atoms with E-state index in [-0.39, 0.29) is 29.2 Å². The number of β-lactam (4-membered cyclic amide) rings is 1. The van der Waals surface area contributed by atoms with E-state index in [9.17, 15) is 39.4 Å². The number of carbonyl (C=O) groups excluding carboxylic acids is 4. The van der Waals surface area contributed by atoms with Gasteiger partial charge in [-0.3, -0.25) is 29.4 Å². The zero-order valence-electron chi connectivity index (χ0n) is 23.2. The van der Waals surface area contributed by atoms with E-state index >= 15 is 0 Å². The van der Waals surface area contributed by atoms with Crippen LogP contribution in [0.15, 0.2) is 24.3 Å². The van der Waals surface area contributed by atoms with Gasteiger partial charge in [-0.05, 0) is 74.6 Å². The van der Waals surface area contributed by atoms with Crippen LogP contribution in [0.5, 0.6) is 0 Å². The molecule has 2 saturated heterocycles. The minimum atomic E-state index is -1.80. The summed E-state index contributed by atoms with van der Waals surface area (Å²) in [6.45, 7) is 8.18. The van der Waals surface area contributed by atoms with Gasteiger partial charge in [0.15, 0.2) is 11.6 Å². The Morgan fingerprint density at radius 2 is 1.52 bits per heavy atom. The SMILES string of the molecule is Cc1c(C)c(C)c2c(c1C)C(=O)N(C1C(=O)N3C(C(=O)OCc4ccc([N+](=O)[O-])cc4)[C@](C)(O[N+](=O)[O-])CS[C@@H]13)C2=O. The molecule has 42 heavy (non-hydrogen) atoms. The van der Waals surface area contributed by atoms with E-state index in [4.69, 9.17) is 9.57 Å². The first-order chi connectivity index (χ1) is 19.7. The Bertz CT molecular complexity index is 1550. The van der Waals surface area contributed by atoms with Crippen molar-refractivity contribution in [3.05, 3.63) is 83.4 Å². The van der Waals surface area contributed by atoms with Crippen molar-refractivity contribution < 1.29 is 38.8 Å². The molecule has 3 heterocycles. The number of ether oxygens (including phenoxy) is 1. The number of esters is 1. The second kappa shape index (κ2) is 10.1. The molecule has 4 atom stereocenters. The van der Waals surface area contributed by atoms with E-state index < -0.39 is 56.8 Å². The van der Waals surface area contributed by atoms with E-state index in [1.165, 1.54) is 31.2 Å². The Morgan fingerprint density at radius 1 is 0.976 bits per heavy atom. The van der Waals surface area contributed by atoms with Crippen LogP contribution in [0.1, 0.15) is 55.5 Å². The molecule has 220 valence electrons. The Balaban J connectivity index is 1.43. The van der Waals surface area contributed by atoms with Crippen LogP contribution >= 0.6 is 11.8 Å². The Labute approximate surface area is 243 Å². The lowest BCUT2D eigenvalue weighted by atomic mass is 9.90. The highest BCUT2D eigenvalue weighted by atomic mass is 32.2. The van der Waals surface area contributed by atoms with Gasteiger partial charge in [-0.15, -0.1) is 21.9 Å². The topological polar surface area (TPSA) is 180 Å². The van der Waals surface area contributed by atoms with Crippen molar-refractivity contribution in [1.82, 2.24) is 9.80 Å². The minimum absolute atomic E-state index is 0.129. The molecule has 2 fully saturated rings. The van der Waals surface area contributed by atoms with Gasteiger partial charge in [0.25, 0.3) is 28.5 Å². The molecule has 2 unspecified atom stereocenters. The monoisotopic (exact) mass is 598 g/mol. The fraction of sp³-hybridized carbons (Fsp3) is 0.407. The summed E-state index contributed by atoms with van der Waals surface area (Å²) in [4.78, 5) is 82.8. The van der Waals surface area contributed by atoms with Gasteiger partial charge in [-0.2, -0.15) is 0 Å². The van der Waals surface area contributed by atoms with Gasteiger partial charge in [-0.1, -0.05) is 0 Å². The third-order valence-electron chi connectivity index (χ3n) is 8.31. The maximum absolute atomic E-state index is 13.7. The number of hydrogen-bond donors (Lipinski definition) is 0. The van der Waals surface area contributed by atoms with Crippen LogP contribution in [0.25, 0.3) is 0 Å². The van der Waals surface area contributed by atoms with Gasteiger partial charge in [0.05, 0.1) is 16.1 Å². The molecule has 3 amide bonds. The fourth-order valence-corrected chi connectivity index (χ4v) is 7.29. The van der Waals surface area contributed by atoms with Gasteiger partial charge in [0, 0.05) is 17.9 Å². The van der Waals surface area contributed by atoms with Crippen molar-refractivity contribution >= 4 is 41.1 Å². The second-order valence-electron chi connectivity index (χ2n) is 10.7. The van der Waals surface area contributed by atoms with Crippen molar-refractivity contribution in [3.8, 4) is 0 Å². The average Bonchev–Trinajstić information content (AvgIpc) is 3.18. The molecule has 0 N–H and O–H groups in total. The maximum Gasteiger partial charge on any atom is 0.331 e. The van der Waals surface area contributed by atoms with E-state index in [1.54, 1.807) is 13.8 Å². The highest BCUT2D eigenvalue weighted by molar-refractivity contribution is 8.00. The maximum atomic E-state index is 13.7. The van der Waals surface area contributed by atoms with Crippen molar-refractivity contribution in [2.75, 3.05) is 5.75 Å². The molecule has 0 aromatic heterocycles. The zero-order valence-corrected chi connectivity index (χ0v) is 24.1. The van der Waals surface area contributed by atoms with Crippen LogP contribution in [0, 0.1) is 47.9 Å². The molecular formula is C27H26N4O10S. The van der Waals surface area contributed by atoms with Crippen molar-refractivity contribution in [2.24, 2.45) is 0 Å². The quantitative estimate of drug-likeness (QED) is 0.150. The number of amides is 3. The number of nitro groups is 1. The number of fused-ring (bicyclic) bond motifs is 2. The number of non-ortho nitro benzene ring substituents is 1. The van der Waals surface area contributed by atoms with Crippen molar-refractivity contribution in [1.29, 1.82) is 0 Å². The van der Waals surface area contributed by atoms with Crippen molar-refractivity contribution in [2.45, 2.75) is 64.3 Å². The lowest BCUT2D eigenvalue weighted by molar-refractivity contribution is -0.779. The largest absolute Gasteiger partial charge is 0.459 e. The van der Waals surface area contributed by atoms with Gasteiger partial charge in [0.2, 0.25) is 0 Å². The van der Waals surface area contributed by atoms with Crippen LogP contribution < -0.4 is 0 Å². The Hall–Kier alpha value is -4.53. The third-order valence-corrected chi connectivity index (χ3v) is 9.88. The molecule has 14 nitrogen and oxygen atoms in total. The molecular weight excluding hydrogens is 572 g/mol. The molecule has 3 aliphatic heterocycles. The number of imide groups is 1. The van der Waals surface area contributed by atoms with E-state index in [0.29, 0.717) is 16.7 Å². The van der Waals surface area contributed by atoms with Crippen LogP contribution in [0.3, 0.4) is 0 Å². The molecule has 0 saturated carbocycles. The zero-order chi connectivity index (χ0) is 30.8. The predicted octanol–water partition coefficient (Wildman–Crippen LogP) is 2.79. The molecule has 2 aromatic rings. The molecule has 3 aliphatic rings. The first-order valence-corrected chi connectivity index (χ1v) is 13.9. The Morgan fingerprint density at radius 3 is 2.02 bits per heavy atom.